The zero-order valence-corrected chi connectivity index (χ0v) is 12.5. The third-order valence-corrected chi connectivity index (χ3v) is 3.81. The van der Waals surface area contributed by atoms with Crippen LogP contribution in [-0.2, 0) is 6.42 Å². The maximum atomic E-state index is 5.56. The Bertz CT molecular complexity index is 514. The van der Waals surface area contributed by atoms with Crippen LogP contribution in [-0.4, -0.2) is 7.11 Å². The van der Waals surface area contributed by atoms with Gasteiger partial charge in [0.2, 0.25) is 0 Å². The molecule has 0 fully saturated rings. The highest BCUT2D eigenvalue weighted by Crippen LogP contribution is 2.31. The van der Waals surface area contributed by atoms with Gasteiger partial charge in [0.25, 0.3) is 0 Å². The molecule has 96 valence electrons. The Hall–Kier alpha value is -1.22. The summed E-state index contributed by atoms with van der Waals surface area (Å²) in [5.41, 5.74) is 2.50. The minimum absolute atomic E-state index is 0.281. The number of furan rings is 1. The zero-order chi connectivity index (χ0) is 13.1. The van der Waals surface area contributed by atoms with E-state index in [0.717, 1.165) is 23.7 Å². The Morgan fingerprint density at radius 1 is 1.22 bits per heavy atom. The van der Waals surface area contributed by atoms with Crippen LogP contribution in [0.15, 0.2) is 34.7 Å². The number of halogens is 1. The topological polar surface area (TPSA) is 22.4 Å². The second-order valence-electron chi connectivity index (χ2n) is 4.39. The number of aryl methyl sites for hydroxylation is 2. The molecule has 0 aliphatic rings. The molecule has 18 heavy (non-hydrogen) atoms. The minimum atomic E-state index is 0.281. The van der Waals surface area contributed by atoms with Crippen LogP contribution in [0.2, 0.25) is 0 Å². The highest BCUT2D eigenvalue weighted by Gasteiger charge is 2.14. The van der Waals surface area contributed by atoms with Gasteiger partial charge in [-0.15, -0.1) is 0 Å². The van der Waals surface area contributed by atoms with Crippen LogP contribution in [0, 0.1) is 13.8 Å². The normalized spacial score (nSPS) is 12.4. The Kier molecular flexibility index (Phi) is 4.12. The average molecular weight is 309 g/mol. The first-order chi connectivity index (χ1) is 8.60. The molecule has 0 bridgehead atoms. The first-order valence-electron chi connectivity index (χ1n) is 5.94. The van der Waals surface area contributed by atoms with Gasteiger partial charge in [-0.1, -0.05) is 28.1 Å². The number of alkyl halides is 1. The van der Waals surface area contributed by atoms with E-state index in [-0.39, 0.29) is 4.83 Å². The standard InChI is InChI=1S/C15H17BrO2/c1-10-8-14(11(2)18-10)15(16)9-12-4-6-13(17-3)7-5-12/h4-8,15H,9H2,1-3H3. The van der Waals surface area contributed by atoms with Crippen molar-refractivity contribution < 1.29 is 9.15 Å². The van der Waals surface area contributed by atoms with Gasteiger partial charge in [0.1, 0.15) is 17.3 Å². The van der Waals surface area contributed by atoms with Gasteiger partial charge in [0.15, 0.2) is 0 Å². The molecule has 0 saturated heterocycles. The van der Waals surface area contributed by atoms with Gasteiger partial charge in [0.05, 0.1) is 7.11 Å². The van der Waals surface area contributed by atoms with Crippen molar-refractivity contribution in [2.75, 3.05) is 7.11 Å². The van der Waals surface area contributed by atoms with Crippen molar-refractivity contribution in [2.24, 2.45) is 0 Å². The molecule has 1 heterocycles. The molecule has 0 radical (unpaired) electrons. The van der Waals surface area contributed by atoms with Gasteiger partial charge in [0, 0.05) is 10.4 Å². The van der Waals surface area contributed by atoms with E-state index in [1.807, 2.05) is 26.0 Å². The summed E-state index contributed by atoms with van der Waals surface area (Å²) in [7, 11) is 1.68. The van der Waals surface area contributed by atoms with Crippen molar-refractivity contribution in [1.82, 2.24) is 0 Å². The summed E-state index contributed by atoms with van der Waals surface area (Å²) in [5, 5.41) is 0. The number of benzene rings is 1. The molecular weight excluding hydrogens is 292 g/mol. The molecule has 0 aliphatic heterocycles. The molecule has 1 unspecified atom stereocenters. The maximum Gasteiger partial charge on any atom is 0.118 e. The van der Waals surface area contributed by atoms with Crippen molar-refractivity contribution in [3.8, 4) is 5.75 Å². The summed E-state index contributed by atoms with van der Waals surface area (Å²) in [6, 6.07) is 10.3. The lowest BCUT2D eigenvalue weighted by atomic mass is 10.0. The van der Waals surface area contributed by atoms with E-state index in [1.165, 1.54) is 11.1 Å². The van der Waals surface area contributed by atoms with Gasteiger partial charge in [-0.2, -0.15) is 0 Å². The second kappa shape index (κ2) is 5.61. The molecule has 2 aromatic rings. The third-order valence-electron chi connectivity index (χ3n) is 2.99. The third kappa shape index (κ3) is 2.96. The molecule has 0 N–H and O–H groups in total. The second-order valence-corrected chi connectivity index (χ2v) is 5.49. The Labute approximate surface area is 116 Å². The monoisotopic (exact) mass is 308 g/mol. The maximum absolute atomic E-state index is 5.56. The number of methoxy groups -OCH3 is 1. The van der Waals surface area contributed by atoms with Crippen LogP contribution in [0.1, 0.15) is 27.5 Å². The number of hydrogen-bond donors (Lipinski definition) is 0. The van der Waals surface area contributed by atoms with E-state index in [4.69, 9.17) is 9.15 Å². The molecular formula is C15H17BrO2. The van der Waals surface area contributed by atoms with Crippen molar-refractivity contribution in [3.05, 3.63) is 53.0 Å². The highest BCUT2D eigenvalue weighted by molar-refractivity contribution is 9.09. The van der Waals surface area contributed by atoms with Crippen molar-refractivity contribution in [1.29, 1.82) is 0 Å². The quantitative estimate of drug-likeness (QED) is 0.771. The van der Waals surface area contributed by atoms with Gasteiger partial charge in [-0.3, -0.25) is 0 Å². The molecule has 2 nitrogen and oxygen atoms in total. The fourth-order valence-electron chi connectivity index (χ4n) is 2.04. The van der Waals surface area contributed by atoms with Crippen LogP contribution >= 0.6 is 15.9 Å². The Morgan fingerprint density at radius 3 is 2.39 bits per heavy atom. The van der Waals surface area contributed by atoms with Crippen LogP contribution in [0.25, 0.3) is 0 Å². The van der Waals surface area contributed by atoms with E-state index in [9.17, 15) is 0 Å². The molecule has 0 spiro atoms. The molecule has 1 aromatic heterocycles. The summed E-state index contributed by atoms with van der Waals surface area (Å²) < 4.78 is 10.7. The first-order valence-corrected chi connectivity index (χ1v) is 6.85. The minimum Gasteiger partial charge on any atom is -0.497 e. The van der Waals surface area contributed by atoms with Crippen LogP contribution in [0.3, 0.4) is 0 Å². The highest BCUT2D eigenvalue weighted by atomic mass is 79.9. The molecule has 0 saturated carbocycles. The lowest BCUT2D eigenvalue weighted by Gasteiger charge is -2.09. The van der Waals surface area contributed by atoms with E-state index in [1.54, 1.807) is 7.11 Å². The predicted octanol–water partition coefficient (Wildman–Crippen LogP) is 4.58. The van der Waals surface area contributed by atoms with E-state index in [0.29, 0.717) is 0 Å². The van der Waals surface area contributed by atoms with Crippen molar-refractivity contribution >= 4 is 15.9 Å². The molecule has 3 heteroatoms. The lowest BCUT2D eigenvalue weighted by Crippen LogP contribution is -1.95. The predicted molar refractivity (Wildman–Crippen MR) is 76.5 cm³/mol. The summed E-state index contributed by atoms with van der Waals surface area (Å²) in [5.74, 6) is 2.84. The molecule has 1 aromatic carbocycles. The van der Waals surface area contributed by atoms with Gasteiger partial charge >= 0.3 is 0 Å². The number of hydrogen-bond acceptors (Lipinski definition) is 2. The number of ether oxygens (including phenoxy) is 1. The molecule has 2 rings (SSSR count). The zero-order valence-electron chi connectivity index (χ0n) is 10.9. The van der Waals surface area contributed by atoms with Gasteiger partial charge in [-0.05, 0) is 44.0 Å². The molecule has 1 atom stereocenters. The van der Waals surface area contributed by atoms with Crippen LogP contribution in [0.5, 0.6) is 5.75 Å². The van der Waals surface area contributed by atoms with E-state index in [2.05, 4.69) is 34.1 Å². The smallest absolute Gasteiger partial charge is 0.118 e. The fraction of sp³-hybridized carbons (Fsp3) is 0.333. The lowest BCUT2D eigenvalue weighted by molar-refractivity contribution is 0.414. The summed E-state index contributed by atoms with van der Waals surface area (Å²) in [6.45, 7) is 3.98. The van der Waals surface area contributed by atoms with Gasteiger partial charge < -0.3 is 9.15 Å². The summed E-state index contributed by atoms with van der Waals surface area (Å²) in [6.07, 6.45) is 0.934. The number of rotatable bonds is 4. The molecule has 0 amide bonds. The van der Waals surface area contributed by atoms with Crippen LogP contribution < -0.4 is 4.74 Å². The first kappa shape index (κ1) is 13.2. The largest absolute Gasteiger partial charge is 0.497 e. The Balaban J connectivity index is 2.10. The van der Waals surface area contributed by atoms with E-state index >= 15 is 0 Å². The van der Waals surface area contributed by atoms with Gasteiger partial charge in [-0.25, -0.2) is 0 Å². The van der Waals surface area contributed by atoms with Crippen molar-refractivity contribution in [3.63, 3.8) is 0 Å². The average Bonchev–Trinajstić information content (AvgIpc) is 2.69. The molecule has 0 aliphatic carbocycles. The van der Waals surface area contributed by atoms with Crippen LogP contribution in [0.4, 0.5) is 0 Å². The SMILES string of the molecule is COc1ccc(CC(Br)c2cc(C)oc2C)cc1. The van der Waals surface area contributed by atoms with Crippen molar-refractivity contribution in [2.45, 2.75) is 25.1 Å². The van der Waals surface area contributed by atoms with E-state index < -0.39 is 0 Å². The Morgan fingerprint density at radius 2 is 1.89 bits per heavy atom. The summed E-state index contributed by atoms with van der Waals surface area (Å²) >= 11 is 3.73. The summed E-state index contributed by atoms with van der Waals surface area (Å²) in [4.78, 5) is 0.281. The fourth-order valence-corrected chi connectivity index (χ4v) is 2.87.